The number of esters is 1. The van der Waals surface area contributed by atoms with Crippen molar-refractivity contribution in [1.82, 2.24) is 5.32 Å². The second-order valence-corrected chi connectivity index (χ2v) is 10.4. The third kappa shape index (κ3) is 6.37. The molecular formula is C33H41NO7. The highest BCUT2D eigenvalue weighted by Gasteiger charge is 2.41. The van der Waals surface area contributed by atoms with Gasteiger partial charge in [0, 0.05) is 29.3 Å². The van der Waals surface area contributed by atoms with Crippen LogP contribution in [0.2, 0.25) is 0 Å². The van der Waals surface area contributed by atoms with Crippen molar-refractivity contribution in [2.75, 3.05) is 34.5 Å². The number of ether oxygens (including phenoxy) is 5. The molecule has 2 aliphatic rings. The van der Waals surface area contributed by atoms with Gasteiger partial charge in [0.25, 0.3) is 0 Å². The first kappa shape index (κ1) is 30.0. The molecular weight excluding hydrogens is 522 g/mol. The van der Waals surface area contributed by atoms with Gasteiger partial charge in [0.15, 0.2) is 28.8 Å². The maximum absolute atomic E-state index is 14.0. The molecule has 2 aromatic carbocycles. The van der Waals surface area contributed by atoms with Crippen LogP contribution in [0.15, 0.2) is 58.9 Å². The molecule has 1 aliphatic heterocycles. The summed E-state index contributed by atoms with van der Waals surface area (Å²) in [5, 5.41) is 3.41. The highest BCUT2D eigenvalue weighted by atomic mass is 16.5. The first-order valence-electron chi connectivity index (χ1n) is 14.3. The lowest BCUT2D eigenvalue weighted by atomic mass is 9.71. The van der Waals surface area contributed by atoms with Gasteiger partial charge in [-0.05, 0) is 67.5 Å². The van der Waals surface area contributed by atoms with Crippen LogP contribution < -0.4 is 24.3 Å². The molecule has 2 aromatic rings. The number of nitrogens with one attached hydrogen (secondary N) is 1. The van der Waals surface area contributed by atoms with Gasteiger partial charge in [0.05, 0.1) is 40.1 Å². The highest BCUT2D eigenvalue weighted by molar-refractivity contribution is 6.04. The summed E-state index contributed by atoms with van der Waals surface area (Å²) in [6, 6.07) is 11.4. The van der Waals surface area contributed by atoms with Gasteiger partial charge in [0.2, 0.25) is 0 Å². The fourth-order valence-electron chi connectivity index (χ4n) is 5.57. The largest absolute Gasteiger partial charge is 0.493 e. The molecule has 1 aliphatic carbocycles. The minimum Gasteiger partial charge on any atom is -0.493 e. The van der Waals surface area contributed by atoms with E-state index in [9.17, 15) is 9.59 Å². The van der Waals surface area contributed by atoms with Crippen LogP contribution in [-0.2, 0) is 14.3 Å². The number of carbonyl (C=O) groups excluding carboxylic acids is 2. The van der Waals surface area contributed by atoms with Gasteiger partial charge in [-0.3, -0.25) is 4.79 Å². The van der Waals surface area contributed by atoms with Crippen molar-refractivity contribution in [3.63, 3.8) is 0 Å². The lowest BCUT2D eigenvalue weighted by Gasteiger charge is -2.37. The SMILES string of the molecule is CCCCOC(=O)C1=C(C)NC2=C(C(=O)CC(c3ccc(OC)c(OC)c3)C2)C1c1ccc(OCCC)c(OC)c1. The third-order valence-electron chi connectivity index (χ3n) is 7.64. The van der Waals surface area contributed by atoms with Gasteiger partial charge in [-0.15, -0.1) is 0 Å². The van der Waals surface area contributed by atoms with E-state index < -0.39 is 11.9 Å². The molecule has 4 rings (SSSR count). The molecule has 8 heteroatoms. The molecule has 2 atom stereocenters. The number of carbonyl (C=O) groups is 2. The summed E-state index contributed by atoms with van der Waals surface area (Å²) >= 11 is 0. The number of rotatable bonds is 12. The fraction of sp³-hybridized carbons (Fsp3) is 0.455. The van der Waals surface area contributed by atoms with Crippen LogP contribution in [0.4, 0.5) is 0 Å². The molecule has 1 N–H and O–H groups in total. The summed E-state index contributed by atoms with van der Waals surface area (Å²) in [6.45, 7) is 6.84. The Morgan fingerprint density at radius 3 is 2.20 bits per heavy atom. The van der Waals surface area contributed by atoms with E-state index in [0.717, 1.165) is 36.1 Å². The molecule has 2 unspecified atom stereocenters. The van der Waals surface area contributed by atoms with Crippen molar-refractivity contribution in [3.05, 3.63) is 70.1 Å². The number of allylic oxidation sites excluding steroid dienone is 3. The van der Waals surface area contributed by atoms with Crippen LogP contribution in [0.25, 0.3) is 0 Å². The van der Waals surface area contributed by atoms with Gasteiger partial charge < -0.3 is 29.0 Å². The van der Waals surface area contributed by atoms with Gasteiger partial charge in [-0.2, -0.15) is 0 Å². The lowest BCUT2D eigenvalue weighted by Crippen LogP contribution is -2.36. The van der Waals surface area contributed by atoms with Gasteiger partial charge in [0.1, 0.15) is 0 Å². The number of unbranched alkanes of at least 4 members (excludes halogenated alkanes) is 1. The van der Waals surface area contributed by atoms with E-state index in [1.54, 1.807) is 21.3 Å². The molecule has 0 amide bonds. The van der Waals surface area contributed by atoms with Crippen LogP contribution in [0.1, 0.15) is 75.8 Å². The van der Waals surface area contributed by atoms with Crippen LogP contribution in [0.5, 0.6) is 23.0 Å². The molecule has 0 bridgehead atoms. The number of methoxy groups -OCH3 is 3. The van der Waals surface area contributed by atoms with Gasteiger partial charge in [-0.25, -0.2) is 4.79 Å². The number of hydrogen-bond donors (Lipinski definition) is 1. The van der Waals surface area contributed by atoms with Crippen molar-refractivity contribution in [3.8, 4) is 23.0 Å². The van der Waals surface area contributed by atoms with E-state index in [4.69, 9.17) is 23.7 Å². The molecule has 220 valence electrons. The minimum atomic E-state index is -0.589. The average Bonchev–Trinajstić information content (AvgIpc) is 2.98. The van der Waals surface area contributed by atoms with E-state index in [2.05, 4.69) is 5.32 Å². The van der Waals surface area contributed by atoms with Crippen molar-refractivity contribution >= 4 is 11.8 Å². The molecule has 8 nitrogen and oxygen atoms in total. The first-order valence-corrected chi connectivity index (χ1v) is 14.3. The van der Waals surface area contributed by atoms with Crippen LogP contribution >= 0.6 is 0 Å². The molecule has 0 saturated carbocycles. The number of Topliss-reactive ketones (excluding diaryl/α,β-unsaturated/α-hetero) is 1. The van der Waals surface area contributed by atoms with E-state index >= 15 is 0 Å². The second-order valence-electron chi connectivity index (χ2n) is 10.4. The average molecular weight is 564 g/mol. The summed E-state index contributed by atoms with van der Waals surface area (Å²) in [6.07, 6.45) is 3.46. The van der Waals surface area contributed by atoms with Gasteiger partial charge >= 0.3 is 5.97 Å². The Labute approximate surface area is 242 Å². The summed E-state index contributed by atoms with van der Waals surface area (Å²) in [7, 11) is 4.79. The number of ketones is 1. The Morgan fingerprint density at radius 2 is 1.51 bits per heavy atom. The summed E-state index contributed by atoms with van der Waals surface area (Å²) < 4.78 is 28.1. The lowest BCUT2D eigenvalue weighted by molar-refractivity contribution is -0.139. The molecule has 0 radical (unpaired) electrons. The predicted octanol–water partition coefficient (Wildman–Crippen LogP) is 6.21. The standard InChI is InChI=1S/C33H41NO7/c1-7-9-15-41-33(36)30-20(3)34-24-16-23(21-10-12-26(37-4)28(18-21)38-5)17-25(35)32(24)31(30)22-11-13-27(40-14-8-2)29(19-22)39-6/h10-13,18-19,23,31,34H,7-9,14-17H2,1-6H3. The topological polar surface area (TPSA) is 92.3 Å². The Bertz CT molecular complexity index is 1340. The maximum Gasteiger partial charge on any atom is 0.336 e. The zero-order chi connectivity index (χ0) is 29.5. The zero-order valence-electron chi connectivity index (χ0n) is 24.9. The van der Waals surface area contributed by atoms with Crippen LogP contribution in [-0.4, -0.2) is 46.3 Å². The summed E-state index contributed by atoms with van der Waals surface area (Å²) in [5.41, 5.74) is 4.31. The molecule has 0 aromatic heterocycles. The van der Waals surface area contributed by atoms with Gasteiger partial charge in [-0.1, -0.05) is 32.4 Å². The molecule has 0 fully saturated rings. The Hall–Kier alpha value is -3.94. The smallest absolute Gasteiger partial charge is 0.336 e. The van der Waals surface area contributed by atoms with Crippen molar-refractivity contribution in [2.45, 2.75) is 64.7 Å². The second kappa shape index (κ2) is 13.6. The summed E-state index contributed by atoms with van der Waals surface area (Å²) in [4.78, 5) is 27.5. The number of hydrogen-bond acceptors (Lipinski definition) is 8. The monoisotopic (exact) mass is 563 g/mol. The summed E-state index contributed by atoms with van der Waals surface area (Å²) in [5.74, 6) is 1.36. The molecule has 1 heterocycles. The highest BCUT2D eigenvalue weighted by Crippen LogP contribution is 2.47. The fourth-order valence-corrected chi connectivity index (χ4v) is 5.57. The molecule has 41 heavy (non-hydrogen) atoms. The maximum atomic E-state index is 14.0. The molecule has 0 saturated heterocycles. The van der Waals surface area contributed by atoms with Crippen LogP contribution in [0, 0.1) is 0 Å². The minimum absolute atomic E-state index is 0.0137. The van der Waals surface area contributed by atoms with Crippen molar-refractivity contribution in [2.24, 2.45) is 0 Å². The third-order valence-corrected chi connectivity index (χ3v) is 7.64. The van der Waals surface area contributed by atoms with Crippen molar-refractivity contribution in [1.29, 1.82) is 0 Å². The predicted molar refractivity (Wildman–Crippen MR) is 157 cm³/mol. The Morgan fingerprint density at radius 1 is 0.854 bits per heavy atom. The quantitative estimate of drug-likeness (QED) is 0.241. The van der Waals surface area contributed by atoms with E-state index in [1.807, 2.05) is 57.2 Å². The van der Waals surface area contributed by atoms with E-state index in [-0.39, 0.29) is 11.7 Å². The normalized spacial score (nSPS) is 18.4. The number of benzene rings is 2. The molecule has 0 spiro atoms. The Kier molecular flexibility index (Phi) is 9.97. The zero-order valence-corrected chi connectivity index (χ0v) is 24.9. The van der Waals surface area contributed by atoms with E-state index in [1.165, 1.54) is 0 Å². The van der Waals surface area contributed by atoms with Crippen LogP contribution in [0.3, 0.4) is 0 Å². The Balaban J connectivity index is 1.77. The number of dihydropyridines is 1. The van der Waals surface area contributed by atoms with E-state index in [0.29, 0.717) is 65.9 Å². The van der Waals surface area contributed by atoms with Crippen molar-refractivity contribution < 1.29 is 33.3 Å². The first-order chi connectivity index (χ1) is 19.9.